The standard InChI is InChI=1S/C16H15ClO3S/c17-13-5-2-7-15(11-13)21-9-3-8-20-14-6-1-4-12(10-14)16(18)19/h1-2,4-7,10-11H,3,8-9H2,(H,18,19). The van der Waals surface area contributed by atoms with Gasteiger partial charge in [-0.15, -0.1) is 11.8 Å². The molecule has 2 aromatic rings. The number of carboxylic acid groups (broad SMARTS) is 1. The summed E-state index contributed by atoms with van der Waals surface area (Å²) in [5.41, 5.74) is 0.237. The molecule has 0 aromatic heterocycles. The van der Waals surface area contributed by atoms with Gasteiger partial charge < -0.3 is 9.84 Å². The van der Waals surface area contributed by atoms with Crippen molar-refractivity contribution in [3.05, 3.63) is 59.1 Å². The molecule has 0 fully saturated rings. The van der Waals surface area contributed by atoms with Crippen LogP contribution >= 0.6 is 23.4 Å². The summed E-state index contributed by atoms with van der Waals surface area (Å²) in [7, 11) is 0. The molecule has 0 saturated heterocycles. The van der Waals surface area contributed by atoms with Crippen LogP contribution in [0.15, 0.2) is 53.4 Å². The molecule has 0 aliphatic heterocycles. The molecule has 0 bridgehead atoms. The average Bonchev–Trinajstić information content (AvgIpc) is 2.47. The lowest BCUT2D eigenvalue weighted by Crippen LogP contribution is -2.01. The molecule has 0 radical (unpaired) electrons. The molecule has 2 rings (SSSR count). The van der Waals surface area contributed by atoms with Crippen molar-refractivity contribution < 1.29 is 14.6 Å². The molecule has 0 amide bonds. The maximum Gasteiger partial charge on any atom is 0.335 e. The molecule has 21 heavy (non-hydrogen) atoms. The molecule has 0 unspecified atom stereocenters. The summed E-state index contributed by atoms with van der Waals surface area (Å²) in [6.45, 7) is 0.552. The maximum absolute atomic E-state index is 10.8. The molecule has 0 atom stereocenters. The maximum atomic E-state index is 10.8. The number of benzene rings is 2. The van der Waals surface area contributed by atoms with Crippen LogP contribution in [-0.2, 0) is 0 Å². The van der Waals surface area contributed by atoms with Crippen molar-refractivity contribution in [2.75, 3.05) is 12.4 Å². The van der Waals surface area contributed by atoms with Crippen molar-refractivity contribution in [1.82, 2.24) is 0 Å². The lowest BCUT2D eigenvalue weighted by atomic mass is 10.2. The summed E-state index contributed by atoms with van der Waals surface area (Å²) in [5.74, 6) is 0.554. The molecule has 1 N–H and O–H groups in total. The summed E-state index contributed by atoms with van der Waals surface area (Å²) in [4.78, 5) is 12.0. The molecule has 2 aromatic carbocycles. The molecule has 0 spiro atoms. The van der Waals surface area contributed by atoms with Crippen LogP contribution in [0.1, 0.15) is 16.8 Å². The lowest BCUT2D eigenvalue weighted by Gasteiger charge is -2.07. The van der Waals surface area contributed by atoms with Crippen molar-refractivity contribution in [3.8, 4) is 5.75 Å². The first-order valence-electron chi connectivity index (χ1n) is 6.50. The van der Waals surface area contributed by atoms with Gasteiger partial charge in [-0.2, -0.15) is 0 Å². The van der Waals surface area contributed by atoms with Gasteiger partial charge in [-0.25, -0.2) is 4.79 Å². The summed E-state index contributed by atoms with van der Waals surface area (Å²) in [5, 5.41) is 9.64. The van der Waals surface area contributed by atoms with E-state index in [1.165, 1.54) is 6.07 Å². The molecule has 0 saturated carbocycles. The van der Waals surface area contributed by atoms with Gasteiger partial charge >= 0.3 is 5.97 Å². The number of hydrogen-bond donors (Lipinski definition) is 1. The van der Waals surface area contributed by atoms with E-state index in [9.17, 15) is 4.79 Å². The van der Waals surface area contributed by atoms with Gasteiger partial charge in [0.2, 0.25) is 0 Å². The number of rotatable bonds is 7. The Morgan fingerprint density at radius 1 is 1.19 bits per heavy atom. The van der Waals surface area contributed by atoms with Gasteiger partial charge in [0, 0.05) is 15.7 Å². The zero-order valence-electron chi connectivity index (χ0n) is 11.3. The Morgan fingerprint density at radius 2 is 2.00 bits per heavy atom. The number of hydrogen-bond acceptors (Lipinski definition) is 3. The van der Waals surface area contributed by atoms with Crippen LogP contribution in [0.25, 0.3) is 0 Å². The normalized spacial score (nSPS) is 10.3. The fourth-order valence-electron chi connectivity index (χ4n) is 1.71. The second-order valence-corrected chi connectivity index (χ2v) is 5.95. The van der Waals surface area contributed by atoms with E-state index in [-0.39, 0.29) is 5.56 Å². The van der Waals surface area contributed by atoms with Crippen LogP contribution in [0.2, 0.25) is 5.02 Å². The molecule has 0 aliphatic rings. The van der Waals surface area contributed by atoms with Crippen molar-refractivity contribution in [2.24, 2.45) is 0 Å². The Hall–Kier alpha value is -1.65. The van der Waals surface area contributed by atoms with E-state index in [1.54, 1.807) is 30.0 Å². The first-order valence-corrected chi connectivity index (χ1v) is 7.86. The van der Waals surface area contributed by atoms with Crippen LogP contribution < -0.4 is 4.74 Å². The van der Waals surface area contributed by atoms with Gasteiger partial charge in [0.25, 0.3) is 0 Å². The Kier molecular flexibility index (Phi) is 5.96. The number of carboxylic acids is 1. The van der Waals surface area contributed by atoms with Gasteiger partial charge in [0.1, 0.15) is 5.75 Å². The highest BCUT2D eigenvalue weighted by Gasteiger charge is 2.03. The Bertz CT molecular complexity index is 616. The fourth-order valence-corrected chi connectivity index (χ4v) is 2.85. The number of thioether (sulfide) groups is 1. The van der Waals surface area contributed by atoms with Crippen LogP contribution in [0.3, 0.4) is 0 Å². The minimum Gasteiger partial charge on any atom is -0.494 e. The zero-order chi connectivity index (χ0) is 15.1. The Morgan fingerprint density at radius 3 is 2.76 bits per heavy atom. The van der Waals surface area contributed by atoms with Crippen molar-refractivity contribution in [2.45, 2.75) is 11.3 Å². The number of halogens is 1. The molecule has 3 nitrogen and oxygen atoms in total. The number of ether oxygens (including phenoxy) is 1. The second-order valence-electron chi connectivity index (χ2n) is 4.34. The van der Waals surface area contributed by atoms with E-state index in [1.807, 2.05) is 24.3 Å². The van der Waals surface area contributed by atoms with E-state index in [2.05, 4.69) is 0 Å². The number of carbonyl (C=O) groups is 1. The largest absolute Gasteiger partial charge is 0.494 e. The predicted molar refractivity (Wildman–Crippen MR) is 85.7 cm³/mol. The quantitative estimate of drug-likeness (QED) is 0.598. The van der Waals surface area contributed by atoms with Gasteiger partial charge in [-0.05, 0) is 42.8 Å². The highest BCUT2D eigenvalue weighted by atomic mass is 35.5. The third-order valence-electron chi connectivity index (χ3n) is 2.70. The molecular weight excluding hydrogens is 308 g/mol. The molecule has 5 heteroatoms. The monoisotopic (exact) mass is 322 g/mol. The van der Waals surface area contributed by atoms with Crippen LogP contribution in [0.5, 0.6) is 5.75 Å². The topological polar surface area (TPSA) is 46.5 Å². The van der Waals surface area contributed by atoms with E-state index >= 15 is 0 Å². The number of aromatic carboxylic acids is 1. The SMILES string of the molecule is O=C(O)c1cccc(OCCCSc2cccc(Cl)c2)c1. The summed E-state index contributed by atoms with van der Waals surface area (Å²) < 4.78 is 5.56. The minimum absolute atomic E-state index is 0.237. The van der Waals surface area contributed by atoms with Gasteiger partial charge in [-0.1, -0.05) is 23.7 Å². The van der Waals surface area contributed by atoms with Crippen LogP contribution in [0, 0.1) is 0 Å². The fraction of sp³-hybridized carbons (Fsp3) is 0.188. The first kappa shape index (κ1) is 15.7. The molecule has 0 aliphatic carbocycles. The minimum atomic E-state index is -0.947. The van der Waals surface area contributed by atoms with Gasteiger partial charge in [-0.3, -0.25) is 0 Å². The summed E-state index contributed by atoms with van der Waals surface area (Å²) in [6, 6.07) is 14.3. The Balaban J connectivity index is 1.72. The second kappa shape index (κ2) is 7.96. The summed E-state index contributed by atoms with van der Waals surface area (Å²) in [6.07, 6.45) is 0.870. The smallest absolute Gasteiger partial charge is 0.335 e. The van der Waals surface area contributed by atoms with E-state index < -0.39 is 5.97 Å². The van der Waals surface area contributed by atoms with Gasteiger partial charge in [0.15, 0.2) is 0 Å². The van der Waals surface area contributed by atoms with Crippen molar-refractivity contribution in [3.63, 3.8) is 0 Å². The third kappa shape index (κ3) is 5.33. The van der Waals surface area contributed by atoms with Crippen LogP contribution in [0.4, 0.5) is 0 Å². The third-order valence-corrected chi connectivity index (χ3v) is 4.02. The van der Waals surface area contributed by atoms with E-state index in [4.69, 9.17) is 21.4 Å². The molecular formula is C16H15ClO3S. The highest BCUT2D eigenvalue weighted by molar-refractivity contribution is 7.99. The molecule has 110 valence electrons. The Labute approximate surface area is 132 Å². The molecule has 0 heterocycles. The van der Waals surface area contributed by atoms with Crippen molar-refractivity contribution >= 4 is 29.3 Å². The average molecular weight is 323 g/mol. The first-order chi connectivity index (χ1) is 10.1. The van der Waals surface area contributed by atoms with E-state index in [0.29, 0.717) is 12.4 Å². The summed E-state index contributed by atoms with van der Waals surface area (Å²) >= 11 is 7.64. The predicted octanol–water partition coefficient (Wildman–Crippen LogP) is 4.60. The highest BCUT2D eigenvalue weighted by Crippen LogP contribution is 2.22. The zero-order valence-corrected chi connectivity index (χ0v) is 12.9. The lowest BCUT2D eigenvalue weighted by molar-refractivity contribution is 0.0696. The van der Waals surface area contributed by atoms with Gasteiger partial charge in [0.05, 0.1) is 12.2 Å². The van der Waals surface area contributed by atoms with Crippen molar-refractivity contribution in [1.29, 1.82) is 0 Å². The van der Waals surface area contributed by atoms with E-state index in [0.717, 1.165) is 22.1 Å². The van der Waals surface area contributed by atoms with Crippen LogP contribution in [-0.4, -0.2) is 23.4 Å².